The molecule has 0 unspecified atom stereocenters. The fourth-order valence-electron chi connectivity index (χ4n) is 2.78. The van der Waals surface area contributed by atoms with E-state index in [1.165, 1.54) is 103 Å². The second-order valence-electron chi connectivity index (χ2n) is 6.96. The Bertz CT molecular complexity index is 226. The summed E-state index contributed by atoms with van der Waals surface area (Å²) in [6.07, 6.45) is 22.2. The summed E-state index contributed by atoms with van der Waals surface area (Å²) in [5, 5.41) is 0. The number of rotatable bonds is 18. The Labute approximate surface area is 157 Å². The molecule has 0 aromatic carbocycles. The van der Waals surface area contributed by atoms with Crippen LogP contribution in [0.4, 0.5) is 4.79 Å². The highest BCUT2D eigenvalue weighted by atomic mass is 16.5. The van der Waals surface area contributed by atoms with Crippen molar-refractivity contribution in [2.75, 3.05) is 13.2 Å². The minimum Gasteiger partial charge on any atom is -0.381 e. The molecule has 0 saturated heterocycles. The third kappa shape index (κ3) is 35.3. The maximum atomic E-state index is 9.00. The summed E-state index contributed by atoms with van der Waals surface area (Å²) in [5.74, 6) is 0. The fraction of sp³-hybridized carbons (Fsp3) is 0.952. The van der Waals surface area contributed by atoms with E-state index in [0.29, 0.717) is 0 Å². The molecule has 2 amide bonds. The molecule has 4 heteroatoms. The molecule has 0 aliphatic heterocycles. The van der Waals surface area contributed by atoms with Gasteiger partial charge in [-0.3, -0.25) is 0 Å². The van der Waals surface area contributed by atoms with Crippen molar-refractivity contribution in [3.63, 3.8) is 0 Å². The van der Waals surface area contributed by atoms with E-state index in [1.807, 2.05) is 0 Å². The molecule has 0 radical (unpaired) electrons. The first kappa shape index (κ1) is 26.5. The normalized spacial score (nSPS) is 10.3. The van der Waals surface area contributed by atoms with E-state index < -0.39 is 6.03 Å². The number of urea groups is 1. The third-order valence-corrected chi connectivity index (χ3v) is 4.28. The Kier molecular flexibility index (Phi) is 27.0. The second kappa shape index (κ2) is 25.5. The van der Waals surface area contributed by atoms with E-state index in [0.717, 1.165) is 13.2 Å². The van der Waals surface area contributed by atoms with Crippen LogP contribution in [0.1, 0.15) is 117 Å². The number of nitrogens with two attached hydrogens (primary N) is 2. The van der Waals surface area contributed by atoms with Crippen LogP contribution in [0.2, 0.25) is 0 Å². The van der Waals surface area contributed by atoms with E-state index in [4.69, 9.17) is 9.53 Å². The summed E-state index contributed by atoms with van der Waals surface area (Å²) in [4.78, 5) is 9.00. The third-order valence-electron chi connectivity index (χ3n) is 4.28. The molecule has 0 spiro atoms. The minimum absolute atomic E-state index is 0.833. The molecule has 0 heterocycles. The molecule has 0 aromatic heterocycles. The Morgan fingerprint density at radius 2 is 0.800 bits per heavy atom. The molecule has 0 fully saturated rings. The molecular formula is C21H46N2O2. The average Bonchev–Trinajstić information content (AvgIpc) is 2.57. The number of carbonyl (C=O) groups is 1. The quantitative estimate of drug-likeness (QED) is 0.282. The van der Waals surface area contributed by atoms with Gasteiger partial charge in [0.05, 0.1) is 0 Å². The van der Waals surface area contributed by atoms with Crippen LogP contribution in [-0.2, 0) is 4.74 Å². The van der Waals surface area contributed by atoms with Gasteiger partial charge in [-0.15, -0.1) is 0 Å². The number of carbonyl (C=O) groups excluding carboxylic acids is 1. The molecule has 4 N–H and O–H groups in total. The molecule has 0 rings (SSSR count). The van der Waals surface area contributed by atoms with Crippen LogP contribution < -0.4 is 11.5 Å². The molecule has 25 heavy (non-hydrogen) atoms. The lowest BCUT2D eigenvalue weighted by Crippen LogP contribution is -2.18. The first-order chi connectivity index (χ1) is 12.1. The van der Waals surface area contributed by atoms with Gasteiger partial charge in [-0.1, -0.05) is 104 Å². The molecular weight excluding hydrogens is 312 g/mol. The van der Waals surface area contributed by atoms with Gasteiger partial charge in [-0.05, 0) is 12.8 Å². The van der Waals surface area contributed by atoms with Crippen LogP contribution in [0.15, 0.2) is 0 Å². The predicted molar refractivity (Wildman–Crippen MR) is 110 cm³/mol. The summed E-state index contributed by atoms with van der Waals surface area (Å²) in [7, 11) is 0. The Balaban J connectivity index is 0. The zero-order valence-electron chi connectivity index (χ0n) is 17.2. The van der Waals surface area contributed by atoms with Gasteiger partial charge in [0.1, 0.15) is 0 Å². The summed E-state index contributed by atoms with van der Waals surface area (Å²) in [6.45, 7) is 6.55. The van der Waals surface area contributed by atoms with Crippen molar-refractivity contribution < 1.29 is 9.53 Å². The van der Waals surface area contributed by atoms with Crippen molar-refractivity contribution in [2.24, 2.45) is 11.5 Å². The maximum Gasteiger partial charge on any atom is 0.309 e. The molecule has 0 bridgehead atoms. The van der Waals surface area contributed by atoms with E-state index in [9.17, 15) is 0 Å². The average molecular weight is 359 g/mol. The van der Waals surface area contributed by atoms with Crippen molar-refractivity contribution in [1.82, 2.24) is 0 Å². The summed E-state index contributed by atoms with van der Waals surface area (Å²) >= 11 is 0. The topological polar surface area (TPSA) is 78.3 Å². The van der Waals surface area contributed by atoms with Crippen LogP contribution >= 0.6 is 0 Å². The minimum atomic E-state index is -0.833. The van der Waals surface area contributed by atoms with Crippen LogP contribution in [0.3, 0.4) is 0 Å². The van der Waals surface area contributed by atoms with Crippen LogP contribution in [0, 0.1) is 0 Å². The number of unbranched alkanes of at least 4 members (excludes halogenated alkanes) is 14. The van der Waals surface area contributed by atoms with Gasteiger partial charge >= 0.3 is 6.03 Å². The van der Waals surface area contributed by atoms with Crippen molar-refractivity contribution >= 4 is 6.03 Å². The number of hydrogen-bond acceptors (Lipinski definition) is 2. The number of ether oxygens (including phenoxy) is 1. The Morgan fingerprint density at radius 1 is 0.560 bits per heavy atom. The van der Waals surface area contributed by atoms with Gasteiger partial charge in [0, 0.05) is 13.2 Å². The van der Waals surface area contributed by atoms with Gasteiger partial charge in [0.2, 0.25) is 0 Å². The van der Waals surface area contributed by atoms with Crippen LogP contribution in [-0.4, -0.2) is 19.2 Å². The molecule has 4 nitrogen and oxygen atoms in total. The monoisotopic (exact) mass is 358 g/mol. The predicted octanol–water partition coefficient (Wildman–Crippen LogP) is 6.31. The van der Waals surface area contributed by atoms with Crippen LogP contribution in [0.25, 0.3) is 0 Å². The number of hydrogen-bond donors (Lipinski definition) is 2. The largest absolute Gasteiger partial charge is 0.381 e. The van der Waals surface area contributed by atoms with E-state index >= 15 is 0 Å². The van der Waals surface area contributed by atoms with E-state index in [-0.39, 0.29) is 0 Å². The highest BCUT2D eigenvalue weighted by Crippen LogP contribution is 2.10. The highest BCUT2D eigenvalue weighted by Gasteiger charge is 1.94. The van der Waals surface area contributed by atoms with Crippen LogP contribution in [0.5, 0.6) is 0 Å². The van der Waals surface area contributed by atoms with Crippen molar-refractivity contribution in [3.05, 3.63) is 0 Å². The molecule has 0 aromatic rings. The van der Waals surface area contributed by atoms with E-state index in [2.05, 4.69) is 25.3 Å². The van der Waals surface area contributed by atoms with Crippen molar-refractivity contribution in [3.8, 4) is 0 Å². The van der Waals surface area contributed by atoms with Gasteiger partial charge in [-0.2, -0.15) is 0 Å². The van der Waals surface area contributed by atoms with Gasteiger partial charge in [0.25, 0.3) is 0 Å². The first-order valence-electron chi connectivity index (χ1n) is 10.8. The van der Waals surface area contributed by atoms with Crippen molar-refractivity contribution in [2.45, 2.75) is 117 Å². The number of primary amides is 2. The van der Waals surface area contributed by atoms with E-state index in [1.54, 1.807) is 0 Å². The highest BCUT2D eigenvalue weighted by molar-refractivity contribution is 5.69. The molecule has 0 aliphatic rings. The Morgan fingerprint density at radius 3 is 1.08 bits per heavy atom. The zero-order valence-corrected chi connectivity index (χ0v) is 17.2. The van der Waals surface area contributed by atoms with Crippen molar-refractivity contribution in [1.29, 1.82) is 0 Å². The second-order valence-corrected chi connectivity index (χ2v) is 6.96. The van der Waals surface area contributed by atoms with Gasteiger partial charge in [0.15, 0.2) is 0 Å². The SMILES string of the molecule is CCCCCCCCCCOCCCCCCCCCC.NC(N)=O. The number of amides is 2. The maximum absolute atomic E-state index is 9.00. The molecule has 0 atom stereocenters. The molecule has 0 aliphatic carbocycles. The summed E-state index contributed by atoms with van der Waals surface area (Å²) in [6, 6.07) is -0.833. The lowest BCUT2D eigenvalue weighted by molar-refractivity contribution is 0.125. The summed E-state index contributed by atoms with van der Waals surface area (Å²) < 4.78 is 5.72. The Hall–Kier alpha value is -0.770. The lowest BCUT2D eigenvalue weighted by atomic mass is 10.1. The molecule has 0 saturated carbocycles. The summed E-state index contributed by atoms with van der Waals surface area (Å²) in [5.41, 5.74) is 8.50. The lowest BCUT2D eigenvalue weighted by Gasteiger charge is -2.05. The van der Waals surface area contributed by atoms with Gasteiger partial charge < -0.3 is 16.2 Å². The zero-order chi connectivity index (χ0) is 19.0. The smallest absolute Gasteiger partial charge is 0.309 e. The van der Waals surface area contributed by atoms with Gasteiger partial charge in [-0.25, -0.2) is 4.79 Å². The standard InChI is InChI=1S/C20H42O.CH4N2O/c1-3-5-7-9-11-13-15-17-19-21-20-18-16-14-12-10-8-6-4-2;2-1(3)4/h3-20H2,1-2H3;(H4,2,3,4). The molecule has 152 valence electrons. The fourth-order valence-corrected chi connectivity index (χ4v) is 2.78. The first-order valence-corrected chi connectivity index (χ1v) is 10.8.